The Bertz CT molecular complexity index is 1710. The zero-order valence-corrected chi connectivity index (χ0v) is 26.0. The number of aromatic nitrogens is 2. The lowest BCUT2D eigenvalue weighted by Crippen LogP contribution is -2.28. The minimum atomic E-state index is -0.787. The zero-order chi connectivity index (χ0) is 32.0. The van der Waals surface area contributed by atoms with E-state index in [1.54, 1.807) is 46.2 Å². The molecule has 2 heterocycles. The van der Waals surface area contributed by atoms with Crippen molar-refractivity contribution in [2.24, 2.45) is 5.92 Å². The molecule has 1 atom stereocenters. The molecule has 0 aliphatic rings. The second kappa shape index (κ2) is 13.7. The highest BCUT2D eigenvalue weighted by atomic mass is 19.1. The molecule has 2 amide bonds. The summed E-state index contributed by atoms with van der Waals surface area (Å²) in [4.78, 5) is 43.8. The number of methoxy groups -OCH3 is 1. The monoisotopic (exact) mass is 602 g/mol. The molecule has 0 fully saturated rings. The van der Waals surface area contributed by atoms with E-state index < -0.39 is 17.5 Å². The number of pyridine rings is 2. The van der Waals surface area contributed by atoms with Crippen molar-refractivity contribution in [3.05, 3.63) is 82.5 Å². The van der Waals surface area contributed by atoms with E-state index in [1.807, 2.05) is 38.1 Å². The molecule has 0 bridgehead atoms. The van der Waals surface area contributed by atoms with E-state index in [9.17, 15) is 14.4 Å². The first-order chi connectivity index (χ1) is 20.9. The van der Waals surface area contributed by atoms with Crippen LogP contribution in [0.25, 0.3) is 22.2 Å². The SMILES string of the molecule is CCCC(CC)C(=O)Nc1ccc(-c2cc(NC(=O)OC(C)(C)C)c3c(=O)n(Cc4ccc(OC)cc4)ccc3n2)c(F)c1. The van der Waals surface area contributed by atoms with Crippen LogP contribution in [0.15, 0.2) is 65.6 Å². The van der Waals surface area contributed by atoms with E-state index in [4.69, 9.17) is 9.47 Å². The Balaban J connectivity index is 1.74. The molecule has 4 aromatic rings. The summed E-state index contributed by atoms with van der Waals surface area (Å²) in [6, 6.07) is 14.8. The first-order valence-electron chi connectivity index (χ1n) is 14.7. The molecular weight excluding hydrogens is 563 g/mol. The van der Waals surface area contributed by atoms with E-state index in [-0.39, 0.29) is 51.8 Å². The molecule has 0 saturated heterocycles. The average molecular weight is 603 g/mol. The second-order valence-electron chi connectivity index (χ2n) is 11.6. The highest BCUT2D eigenvalue weighted by Crippen LogP contribution is 2.30. The van der Waals surface area contributed by atoms with Gasteiger partial charge in [0.2, 0.25) is 5.91 Å². The van der Waals surface area contributed by atoms with Crippen LogP contribution < -0.4 is 20.9 Å². The molecule has 0 spiro atoms. The van der Waals surface area contributed by atoms with Crippen LogP contribution in [0.3, 0.4) is 0 Å². The van der Waals surface area contributed by atoms with Gasteiger partial charge >= 0.3 is 6.09 Å². The normalized spacial score (nSPS) is 12.1. The van der Waals surface area contributed by atoms with Gasteiger partial charge in [-0.2, -0.15) is 0 Å². The summed E-state index contributed by atoms with van der Waals surface area (Å²) in [7, 11) is 1.58. The van der Waals surface area contributed by atoms with Crippen molar-refractivity contribution < 1.29 is 23.5 Å². The van der Waals surface area contributed by atoms with Gasteiger partial charge in [0.25, 0.3) is 5.56 Å². The van der Waals surface area contributed by atoms with Gasteiger partial charge in [0.1, 0.15) is 17.2 Å². The van der Waals surface area contributed by atoms with Crippen molar-refractivity contribution in [2.45, 2.75) is 66.0 Å². The third-order valence-electron chi connectivity index (χ3n) is 7.10. The molecule has 0 aliphatic carbocycles. The molecule has 9 nitrogen and oxygen atoms in total. The number of fused-ring (bicyclic) bond motifs is 1. The van der Waals surface area contributed by atoms with Crippen LogP contribution in [0.4, 0.5) is 20.6 Å². The summed E-state index contributed by atoms with van der Waals surface area (Å²) in [5, 5.41) is 5.63. The number of ether oxygens (including phenoxy) is 2. The van der Waals surface area contributed by atoms with Crippen LogP contribution in [0.2, 0.25) is 0 Å². The summed E-state index contributed by atoms with van der Waals surface area (Å²) >= 11 is 0. The summed E-state index contributed by atoms with van der Waals surface area (Å²) in [6.45, 7) is 9.42. The van der Waals surface area contributed by atoms with Gasteiger partial charge in [-0.05, 0) is 81.6 Å². The molecule has 10 heteroatoms. The Morgan fingerprint density at radius 2 is 1.75 bits per heavy atom. The predicted molar refractivity (Wildman–Crippen MR) is 171 cm³/mol. The lowest BCUT2D eigenvalue weighted by Gasteiger charge is -2.20. The van der Waals surface area contributed by atoms with Crippen molar-refractivity contribution in [1.82, 2.24) is 9.55 Å². The van der Waals surface area contributed by atoms with Crippen molar-refractivity contribution in [2.75, 3.05) is 17.7 Å². The number of carbonyl (C=O) groups is 2. The van der Waals surface area contributed by atoms with E-state index in [0.717, 1.165) is 18.4 Å². The summed E-state index contributed by atoms with van der Waals surface area (Å²) in [5.41, 5.74) is 0.767. The lowest BCUT2D eigenvalue weighted by molar-refractivity contribution is -0.120. The van der Waals surface area contributed by atoms with Gasteiger partial charge in [-0.3, -0.25) is 14.9 Å². The van der Waals surface area contributed by atoms with Crippen LogP contribution in [0.5, 0.6) is 5.75 Å². The van der Waals surface area contributed by atoms with Crippen LogP contribution in [-0.2, 0) is 16.1 Å². The number of carbonyl (C=O) groups excluding carboxylic acids is 2. The molecule has 0 aliphatic heterocycles. The number of hydrogen-bond acceptors (Lipinski definition) is 6. The molecule has 44 heavy (non-hydrogen) atoms. The highest BCUT2D eigenvalue weighted by molar-refractivity contribution is 6.00. The number of nitrogens with one attached hydrogen (secondary N) is 2. The largest absolute Gasteiger partial charge is 0.497 e. The first kappa shape index (κ1) is 32.2. The fourth-order valence-corrected chi connectivity index (χ4v) is 4.90. The second-order valence-corrected chi connectivity index (χ2v) is 11.6. The van der Waals surface area contributed by atoms with Crippen molar-refractivity contribution in [3.8, 4) is 17.0 Å². The maximum atomic E-state index is 15.5. The van der Waals surface area contributed by atoms with Crippen molar-refractivity contribution in [3.63, 3.8) is 0 Å². The Hall–Kier alpha value is -4.73. The summed E-state index contributed by atoms with van der Waals surface area (Å²) in [6.07, 6.45) is 3.16. The van der Waals surface area contributed by atoms with Crippen molar-refractivity contribution in [1.29, 1.82) is 0 Å². The Labute approximate surface area is 256 Å². The van der Waals surface area contributed by atoms with Gasteiger partial charge in [-0.25, -0.2) is 14.2 Å². The third kappa shape index (κ3) is 7.80. The molecular formula is C34H39FN4O5. The smallest absolute Gasteiger partial charge is 0.412 e. The fraction of sp³-hybridized carbons (Fsp3) is 0.353. The van der Waals surface area contributed by atoms with E-state index in [0.29, 0.717) is 17.9 Å². The number of anilines is 2. The highest BCUT2D eigenvalue weighted by Gasteiger charge is 2.21. The van der Waals surface area contributed by atoms with Crippen LogP contribution in [0.1, 0.15) is 59.4 Å². The predicted octanol–water partition coefficient (Wildman–Crippen LogP) is 7.37. The fourth-order valence-electron chi connectivity index (χ4n) is 4.90. The van der Waals surface area contributed by atoms with E-state index >= 15 is 4.39 Å². The van der Waals surface area contributed by atoms with Crippen LogP contribution >= 0.6 is 0 Å². The number of hydrogen-bond donors (Lipinski definition) is 2. The van der Waals surface area contributed by atoms with Gasteiger partial charge in [-0.1, -0.05) is 32.4 Å². The van der Waals surface area contributed by atoms with Gasteiger partial charge in [0.15, 0.2) is 0 Å². The quantitative estimate of drug-likeness (QED) is 0.196. The molecule has 1 unspecified atom stereocenters. The van der Waals surface area contributed by atoms with Gasteiger partial charge in [-0.15, -0.1) is 0 Å². The molecule has 232 valence electrons. The minimum absolute atomic E-state index is 0.135. The molecule has 2 N–H and O–H groups in total. The maximum Gasteiger partial charge on any atom is 0.412 e. The number of halogens is 1. The van der Waals surface area contributed by atoms with Gasteiger partial charge in [0.05, 0.1) is 35.9 Å². The molecule has 2 aromatic carbocycles. The zero-order valence-electron chi connectivity index (χ0n) is 26.0. The number of rotatable bonds is 10. The molecule has 4 rings (SSSR count). The van der Waals surface area contributed by atoms with Gasteiger partial charge in [0, 0.05) is 23.4 Å². The molecule has 2 aromatic heterocycles. The minimum Gasteiger partial charge on any atom is -0.497 e. The van der Waals surface area contributed by atoms with Crippen molar-refractivity contribution >= 4 is 34.3 Å². The topological polar surface area (TPSA) is 112 Å². The molecule has 0 saturated carbocycles. The van der Waals surface area contributed by atoms with Crippen LogP contribution in [0, 0.1) is 11.7 Å². The van der Waals surface area contributed by atoms with Gasteiger partial charge < -0.3 is 19.4 Å². The average Bonchev–Trinajstić information content (AvgIpc) is 2.96. The lowest BCUT2D eigenvalue weighted by atomic mass is 9.99. The number of benzene rings is 2. The summed E-state index contributed by atoms with van der Waals surface area (Å²) in [5.74, 6) is -0.223. The Morgan fingerprint density at radius 3 is 2.36 bits per heavy atom. The van der Waals surface area contributed by atoms with E-state index in [1.165, 1.54) is 22.8 Å². The maximum absolute atomic E-state index is 15.5. The Kier molecular flexibility index (Phi) is 10.0. The summed E-state index contributed by atoms with van der Waals surface area (Å²) < 4.78 is 27.7. The molecule has 0 radical (unpaired) electrons. The Morgan fingerprint density at radius 1 is 1.02 bits per heavy atom. The first-order valence-corrected chi connectivity index (χ1v) is 14.7. The number of amides is 2. The van der Waals surface area contributed by atoms with E-state index in [2.05, 4.69) is 15.6 Å². The standard InChI is InChI=1S/C34H39FN4O5/c1-7-9-22(8-2)31(40)36-23-12-15-25(26(35)18-23)28-19-29(38-33(42)44-34(3,4)5)30-27(37-28)16-17-39(32(30)41)20-21-10-13-24(43-6)14-11-21/h10-19,22H,7-9,20H2,1-6H3,(H,36,40)(H,37,38,42). The van der Waals surface area contributed by atoms with Crippen LogP contribution in [-0.4, -0.2) is 34.3 Å². The number of nitrogens with zero attached hydrogens (tertiary/aromatic N) is 2. The third-order valence-corrected chi connectivity index (χ3v) is 7.10.